The molecule has 0 atom stereocenters. The Morgan fingerprint density at radius 1 is 1.27 bits per heavy atom. The van der Waals surface area contributed by atoms with E-state index in [-0.39, 0.29) is 5.78 Å². The summed E-state index contributed by atoms with van der Waals surface area (Å²) in [4.78, 5) is 10.4. The lowest BCUT2D eigenvalue weighted by molar-refractivity contribution is 0.101. The summed E-state index contributed by atoms with van der Waals surface area (Å²) in [5.74, 6) is -0.236. The van der Waals surface area contributed by atoms with E-state index < -0.39 is 4.84 Å². The molecule has 0 saturated carbocycles. The minimum atomic E-state index is -0.966. The van der Waals surface area contributed by atoms with Crippen LogP contribution in [0.15, 0.2) is 24.3 Å². The fraction of sp³-hybridized carbons (Fsp3) is 0.417. The average Bonchev–Trinajstić information content (AvgIpc) is 2.26. The minimum Gasteiger partial charge on any atom is -0.291 e. The number of alkyl halides is 2. The molecule has 1 nitrogen and oxygen atoms in total. The molecule has 0 N–H and O–H groups in total. The fourth-order valence-electron chi connectivity index (χ4n) is 1.34. The van der Waals surface area contributed by atoms with E-state index in [1.807, 2.05) is 12.1 Å². The van der Waals surface area contributed by atoms with Crippen LogP contribution >= 0.6 is 23.2 Å². The van der Waals surface area contributed by atoms with E-state index in [0.717, 1.165) is 6.42 Å². The van der Waals surface area contributed by atoms with E-state index in [1.165, 1.54) is 18.4 Å². The zero-order chi connectivity index (χ0) is 11.3. The molecule has 0 aliphatic carbocycles. The van der Waals surface area contributed by atoms with Crippen LogP contribution in [0.4, 0.5) is 0 Å². The summed E-state index contributed by atoms with van der Waals surface area (Å²) in [6.45, 7) is 2.16. The molecule has 0 aliphatic rings. The van der Waals surface area contributed by atoms with Crippen molar-refractivity contribution in [1.29, 1.82) is 0 Å². The molecule has 1 aromatic carbocycles. The highest BCUT2D eigenvalue weighted by Crippen LogP contribution is 2.13. The molecular weight excluding hydrogens is 231 g/mol. The third kappa shape index (κ3) is 3.84. The number of hydrogen-bond donors (Lipinski definition) is 0. The van der Waals surface area contributed by atoms with Crippen LogP contribution in [0, 0.1) is 0 Å². The van der Waals surface area contributed by atoms with Gasteiger partial charge in [0.05, 0.1) is 0 Å². The summed E-state index contributed by atoms with van der Waals surface area (Å²) in [5, 5.41) is 0. The van der Waals surface area contributed by atoms with Crippen LogP contribution in [0.1, 0.15) is 35.7 Å². The molecule has 0 bridgehead atoms. The van der Waals surface area contributed by atoms with Crippen molar-refractivity contribution in [2.24, 2.45) is 0 Å². The lowest BCUT2D eigenvalue weighted by Gasteiger charge is -2.03. The first kappa shape index (κ1) is 12.5. The third-order valence-corrected chi connectivity index (χ3v) is 2.65. The minimum absolute atomic E-state index is 0.236. The van der Waals surface area contributed by atoms with Crippen LogP contribution < -0.4 is 0 Å². The number of carbonyl (C=O) groups is 1. The Bertz CT molecular complexity index is 317. The van der Waals surface area contributed by atoms with E-state index in [0.29, 0.717) is 5.56 Å². The number of carbonyl (C=O) groups excluding carboxylic acids is 1. The Labute approximate surface area is 100 Å². The quantitative estimate of drug-likeness (QED) is 0.565. The Balaban J connectivity index is 2.68. The van der Waals surface area contributed by atoms with Gasteiger partial charge in [0, 0.05) is 5.56 Å². The van der Waals surface area contributed by atoms with Crippen LogP contribution in [-0.2, 0) is 6.42 Å². The van der Waals surface area contributed by atoms with Gasteiger partial charge in [0.1, 0.15) is 0 Å². The van der Waals surface area contributed by atoms with Crippen LogP contribution in [0.5, 0.6) is 0 Å². The highest BCUT2D eigenvalue weighted by molar-refractivity contribution is 6.55. The van der Waals surface area contributed by atoms with Crippen molar-refractivity contribution >= 4 is 29.0 Å². The largest absolute Gasteiger partial charge is 0.291 e. The standard InChI is InChI=1S/C12H14Cl2O/c1-2-3-4-9-5-7-10(8-6-9)11(15)12(13)14/h5-8,12H,2-4H2,1H3. The maximum atomic E-state index is 11.4. The van der Waals surface area contributed by atoms with Crippen molar-refractivity contribution < 1.29 is 4.79 Å². The van der Waals surface area contributed by atoms with Gasteiger partial charge in [0.25, 0.3) is 0 Å². The third-order valence-electron chi connectivity index (χ3n) is 2.26. The molecule has 0 amide bonds. The predicted octanol–water partition coefficient (Wildman–Crippen LogP) is 4.02. The van der Waals surface area contributed by atoms with Crippen LogP contribution in [0.25, 0.3) is 0 Å². The van der Waals surface area contributed by atoms with E-state index in [4.69, 9.17) is 23.2 Å². The highest BCUT2D eigenvalue weighted by Gasteiger charge is 2.13. The van der Waals surface area contributed by atoms with Crippen LogP contribution in [-0.4, -0.2) is 10.6 Å². The molecule has 0 aliphatic heterocycles. The van der Waals surface area contributed by atoms with Crippen molar-refractivity contribution in [3.8, 4) is 0 Å². The molecule has 0 radical (unpaired) electrons. The fourth-order valence-corrected chi connectivity index (χ4v) is 1.59. The SMILES string of the molecule is CCCCc1ccc(C(=O)C(Cl)Cl)cc1. The smallest absolute Gasteiger partial charge is 0.195 e. The molecule has 0 unspecified atom stereocenters. The lowest BCUT2D eigenvalue weighted by atomic mass is 10.0. The first-order valence-corrected chi connectivity index (χ1v) is 5.93. The Kier molecular flexibility index (Phi) is 5.13. The second kappa shape index (κ2) is 6.14. The van der Waals surface area contributed by atoms with Crippen molar-refractivity contribution in [3.63, 3.8) is 0 Å². The first-order valence-electron chi connectivity index (χ1n) is 5.06. The van der Waals surface area contributed by atoms with Gasteiger partial charge in [-0.25, -0.2) is 0 Å². The van der Waals surface area contributed by atoms with Gasteiger partial charge in [-0.15, -0.1) is 0 Å². The van der Waals surface area contributed by atoms with Gasteiger partial charge < -0.3 is 0 Å². The maximum absolute atomic E-state index is 11.4. The van der Waals surface area contributed by atoms with Gasteiger partial charge in [0.15, 0.2) is 10.6 Å². The number of unbranched alkanes of at least 4 members (excludes halogenated alkanes) is 1. The normalized spacial score (nSPS) is 10.7. The summed E-state index contributed by atoms with van der Waals surface area (Å²) in [6, 6.07) is 7.48. The van der Waals surface area contributed by atoms with Crippen molar-refractivity contribution in [1.82, 2.24) is 0 Å². The zero-order valence-corrected chi connectivity index (χ0v) is 10.2. The predicted molar refractivity (Wildman–Crippen MR) is 64.9 cm³/mol. The van der Waals surface area contributed by atoms with Gasteiger partial charge in [-0.3, -0.25) is 4.79 Å². The van der Waals surface area contributed by atoms with Crippen molar-refractivity contribution in [2.75, 3.05) is 0 Å². The second-order valence-electron chi connectivity index (χ2n) is 3.47. The molecule has 1 aromatic rings. The van der Waals surface area contributed by atoms with Crippen molar-refractivity contribution in [3.05, 3.63) is 35.4 Å². The van der Waals surface area contributed by atoms with Gasteiger partial charge in [-0.2, -0.15) is 0 Å². The van der Waals surface area contributed by atoms with Gasteiger partial charge >= 0.3 is 0 Å². The highest BCUT2D eigenvalue weighted by atomic mass is 35.5. The molecule has 0 fully saturated rings. The van der Waals surface area contributed by atoms with Gasteiger partial charge in [-0.1, -0.05) is 60.8 Å². The Hall–Kier alpha value is -0.530. The molecule has 82 valence electrons. The number of aryl methyl sites for hydroxylation is 1. The van der Waals surface area contributed by atoms with E-state index in [2.05, 4.69) is 6.92 Å². The number of benzene rings is 1. The van der Waals surface area contributed by atoms with Crippen LogP contribution in [0.3, 0.4) is 0 Å². The number of ketones is 1. The summed E-state index contributed by atoms with van der Waals surface area (Å²) < 4.78 is 0. The first-order chi connectivity index (χ1) is 7.15. The number of rotatable bonds is 5. The molecule has 1 rings (SSSR count). The van der Waals surface area contributed by atoms with Crippen LogP contribution in [0.2, 0.25) is 0 Å². The second-order valence-corrected chi connectivity index (χ2v) is 4.56. The van der Waals surface area contributed by atoms with Gasteiger partial charge in [-0.05, 0) is 18.4 Å². The monoisotopic (exact) mass is 244 g/mol. The Morgan fingerprint density at radius 3 is 2.33 bits per heavy atom. The number of Topliss-reactive ketones (excluding diaryl/α,β-unsaturated/α-hetero) is 1. The van der Waals surface area contributed by atoms with Crippen molar-refractivity contribution in [2.45, 2.75) is 31.0 Å². The number of halogens is 2. The summed E-state index contributed by atoms with van der Waals surface area (Å²) in [5.41, 5.74) is 1.82. The topological polar surface area (TPSA) is 17.1 Å². The summed E-state index contributed by atoms with van der Waals surface area (Å²) >= 11 is 11.0. The number of hydrogen-bond acceptors (Lipinski definition) is 1. The zero-order valence-electron chi connectivity index (χ0n) is 8.67. The Morgan fingerprint density at radius 2 is 1.87 bits per heavy atom. The van der Waals surface area contributed by atoms with Gasteiger partial charge in [0.2, 0.25) is 0 Å². The molecule has 3 heteroatoms. The van der Waals surface area contributed by atoms with E-state index >= 15 is 0 Å². The molecule has 0 heterocycles. The average molecular weight is 245 g/mol. The summed E-state index contributed by atoms with van der Waals surface area (Å²) in [7, 11) is 0. The summed E-state index contributed by atoms with van der Waals surface area (Å²) in [6.07, 6.45) is 3.39. The molecule has 0 spiro atoms. The maximum Gasteiger partial charge on any atom is 0.195 e. The molecule has 15 heavy (non-hydrogen) atoms. The van der Waals surface area contributed by atoms with E-state index in [1.54, 1.807) is 12.1 Å². The lowest BCUT2D eigenvalue weighted by Crippen LogP contribution is -2.07. The molecular formula is C12H14Cl2O. The molecule has 0 aromatic heterocycles. The van der Waals surface area contributed by atoms with E-state index in [9.17, 15) is 4.79 Å². The molecule has 0 saturated heterocycles.